The number of nitrogens with one attached hydrogen (secondary N) is 1. The van der Waals surface area contributed by atoms with Crippen LogP contribution in [0.15, 0.2) is 18.2 Å². The Bertz CT molecular complexity index is 610. The fraction of sp³-hybridized carbons (Fsp3) is 0.588. The van der Waals surface area contributed by atoms with Crippen LogP contribution in [0, 0.1) is 0 Å². The molecule has 1 aromatic carbocycles. The van der Waals surface area contributed by atoms with Crippen LogP contribution in [0.3, 0.4) is 0 Å². The first-order chi connectivity index (χ1) is 11.9. The number of rotatable bonds is 4. The van der Waals surface area contributed by atoms with Gasteiger partial charge in [0.1, 0.15) is 6.10 Å². The highest BCUT2D eigenvalue weighted by Crippen LogP contribution is 2.35. The quantitative estimate of drug-likeness (QED) is 0.898. The molecule has 1 aromatic rings. The van der Waals surface area contributed by atoms with Crippen LogP contribution in [0.4, 0.5) is 18.9 Å². The topological polar surface area (TPSA) is 50.8 Å². The number of carbonyl (C=O) groups excluding carboxylic acids is 1. The Hall–Kier alpha value is -1.80. The van der Waals surface area contributed by atoms with Crippen molar-refractivity contribution in [2.45, 2.75) is 31.7 Å². The summed E-state index contributed by atoms with van der Waals surface area (Å²) in [6, 6.07) is 4.25. The Kier molecular flexibility index (Phi) is 5.48. The summed E-state index contributed by atoms with van der Waals surface area (Å²) < 4.78 is 50.8. The number of alkyl halides is 3. The van der Waals surface area contributed by atoms with E-state index in [1.165, 1.54) is 6.07 Å². The number of amides is 1. The van der Waals surface area contributed by atoms with E-state index in [1.807, 2.05) is 4.90 Å². The fourth-order valence-electron chi connectivity index (χ4n) is 3.08. The van der Waals surface area contributed by atoms with Crippen molar-refractivity contribution in [1.82, 2.24) is 5.32 Å². The van der Waals surface area contributed by atoms with E-state index in [1.54, 1.807) is 6.07 Å². The molecule has 0 spiro atoms. The van der Waals surface area contributed by atoms with Gasteiger partial charge in [0.2, 0.25) is 5.91 Å². The highest BCUT2D eigenvalue weighted by molar-refractivity contribution is 5.81. The lowest BCUT2D eigenvalue weighted by Crippen LogP contribution is -2.36. The van der Waals surface area contributed by atoms with E-state index in [0.29, 0.717) is 45.0 Å². The number of benzene rings is 1. The second kappa shape index (κ2) is 7.61. The average molecular weight is 358 g/mol. The molecule has 2 fully saturated rings. The first-order valence-electron chi connectivity index (χ1n) is 8.37. The van der Waals surface area contributed by atoms with E-state index in [9.17, 15) is 18.0 Å². The summed E-state index contributed by atoms with van der Waals surface area (Å²) in [7, 11) is 0. The van der Waals surface area contributed by atoms with E-state index in [4.69, 9.17) is 9.47 Å². The molecule has 1 unspecified atom stereocenters. The molecule has 25 heavy (non-hydrogen) atoms. The molecular weight excluding hydrogens is 337 g/mol. The molecule has 2 aliphatic rings. The monoisotopic (exact) mass is 358 g/mol. The van der Waals surface area contributed by atoms with Gasteiger partial charge < -0.3 is 19.7 Å². The molecule has 2 aliphatic heterocycles. The minimum atomic E-state index is -4.48. The number of nitrogens with zero attached hydrogens (tertiary/aromatic N) is 1. The maximum Gasteiger partial charge on any atom is 0.416 e. The summed E-state index contributed by atoms with van der Waals surface area (Å²) in [6.45, 7) is 2.47. The van der Waals surface area contributed by atoms with Crippen molar-refractivity contribution >= 4 is 11.6 Å². The molecule has 1 N–H and O–H groups in total. The highest BCUT2D eigenvalue weighted by Gasteiger charge is 2.34. The molecule has 0 bridgehead atoms. The normalized spacial score (nSPS) is 21.4. The molecule has 3 rings (SSSR count). The van der Waals surface area contributed by atoms with Crippen LogP contribution in [0.5, 0.6) is 0 Å². The third kappa shape index (κ3) is 4.43. The molecule has 1 atom stereocenters. The zero-order chi connectivity index (χ0) is 17.9. The lowest BCUT2D eigenvalue weighted by atomic mass is 10.0. The number of morpholine rings is 1. The number of carbonyl (C=O) groups is 1. The largest absolute Gasteiger partial charge is 0.416 e. The highest BCUT2D eigenvalue weighted by atomic mass is 19.4. The second-order valence-electron chi connectivity index (χ2n) is 6.16. The van der Waals surface area contributed by atoms with E-state index in [-0.39, 0.29) is 18.0 Å². The van der Waals surface area contributed by atoms with Crippen LogP contribution < -0.4 is 10.2 Å². The van der Waals surface area contributed by atoms with Gasteiger partial charge in [-0.2, -0.15) is 13.2 Å². The Labute approximate surface area is 144 Å². The number of hydrogen-bond acceptors (Lipinski definition) is 4. The predicted octanol–water partition coefficient (Wildman–Crippen LogP) is 2.34. The molecule has 0 radical (unpaired) electrons. The summed E-state index contributed by atoms with van der Waals surface area (Å²) in [6.07, 6.45) is -3.64. The zero-order valence-corrected chi connectivity index (χ0v) is 13.8. The maximum absolute atomic E-state index is 13.4. The molecule has 0 saturated carbocycles. The summed E-state index contributed by atoms with van der Waals surface area (Å²) in [4.78, 5) is 13.8. The van der Waals surface area contributed by atoms with Crippen molar-refractivity contribution in [2.24, 2.45) is 0 Å². The van der Waals surface area contributed by atoms with Gasteiger partial charge in [0.25, 0.3) is 0 Å². The number of anilines is 1. The van der Waals surface area contributed by atoms with Gasteiger partial charge in [-0.25, -0.2) is 0 Å². The van der Waals surface area contributed by atoms with Gasteiger partial charge in [-0.1, -0.05) is 6.07 Å². The minimum Gasteiger partial charge on any atom is -0.378 e. The van der Waals surface area contributed by atoms with Crippen molar-refractivity contribution in [3.63, 3.8) is 0 Å². The van der Waals surface area contributed by atoms with E-state index < -0.39 is 17.8 Å². The van der Waals surface area contributed by atoms with Gasteiger partial charge in [-0.3, -0.25) is 4.79 Å². The Balaban J connectivity index is 1.74. The van der Waals surface area contributed by atoms with Crippen molar-refractivity contribution in [1.29, 1.82) is 0 Å². The van der Waals surface area contributed by atoms with Gasteiger partial charge in [0.05, 0.1) is 18.8 Å². The molecule has 0 aliphatic carbocycles. The van der Waals surface area contributed by atoms with Crippen molar-refractivity contribution in [3.05, 3.63) is 29.3 Å². The molecule has 5 nitrogen and oxygen atoms in total. The van der Waals surface area contributed by atoms with Gasteiger partial charge in [0.15, 0.2) is 0 Å². The first kappa shape index (κ1) is 18.0. The Morgan fingerprint density at radius 1 is 1.24 bits per heavy atom. The summed E-state index contributed by atoms with van der Waals surface area (Å²) in [5.74, 6) is -0.358. The van der Waals surface area contributed by atoms with E-state index >= 15 is 0 Å². The minimum absolute atomic E-state index is 0.0517. The Morgan fingerprint density at radius 3 is 2.64 bits per heavy atom. The van der Waals surface area contributed by atoms with Crippen LogP contribution in [0.25, 0.3) is 0 Å². The van der Waals surface area contributed by atoms with Crippen LogP contribution in [0.1, 0.15) is 24.0 Å². The lowest BCUT2D eigenvalue weighted by molar-refractivity contribution is -0.138. The molecule has 2 saturated heterocycles. The van der Waals surface area contributed by atoms with Crippen LogP contribution in [-0.2, 0) is 27.0 Å². The maximum atomic E-state index is 13.4. The van der Waals surface area contributed by atoms with Crippen molar-refractivity contribution < 1.29 is 27.4 Å². The SMILES string of the molecule is O=C(NCc1ccc(N2CCOCC2)cc1C(F)(F)F)C1CCCO1. The van der Waals surface area contributed by atoms with Crippen LogP contribution in [-0.4, -0.2) is 44.9 Å². The Morgan fingerprint density at radius 2 is 2.00 bits per heavy atom. The van der Waals surface area contributed by atoms with Crippen LogP contribution in [0.2, 0.25) is 0 Å². The lowest BCUT2D eigenvalue weighted by Gasteiger charge is -2.29. The second-order valence-corrected chi connectivity index (χ2v) is 6.16. The molecule has 8 heteroatoms. The zero-order valence-electron chi connectivity index (χ0n) is 13.8. The predicted molar refractivity (Wildman–Crippen MR) is 85.3 cm³/mol. The molecule has 2 heterocycles. The smallest absolute Gasteiger partial charge is 0.378 e. The first-order valence-corrected chi connectivity index (χ1v) is 8.37. The van der Waals surface area contributed by atoms with Gasteiger partial charge in [-0.15, -0.1) is 0 Å². The van der Waals surface area contributed by atoms with E-state index in [0.717, 1.165) is 12.5 Å². The van der Waals surface area contributed by atoms with Gasteiger partial charge in [0, 0.05) is 31.9 Å². The third-order valence-electron chi connectivity index (χ3n) is 4.45. The van der Waals surface area contributed by atoms with Gasteiger partial charge >= 0.3 is 6.18 Å². The third-order valence-corrected chi connectivity index (χ3v) is 4.45. The molecule has 1 amide bonds. The summed E-state index contributed by atoms with van der Waals surface area (Å²) in [5, 5.41) is 2.55. The molecular formula is C17H21F3N2O3. The average Bonchev–Trinajstić information content (AvgIpc) is 3.14. The molecule has 0 aromatic heterocycles. The number of ether oxygens (including phenoxy) is 2. The van der Waals surface area contributed by atoms with E-state index in [2.05, 4.69) is 5.32 Å². The summed E-state index contributed by atoms with van der Waals surface area (Å²) in [5.41, 5.74) is -0.148. The number of halogens is 3. The summed E-state index contributed by atoms with van der Waals surface area (Å²) >= 11 is 0. The fourth-order valence-corrected chi connectivity index (χ4v) is 3.08. The van der Waals surface area contributed by atoms with Crippen molar-refractivity contribution in [3.8, 4) is 0 Å². The standard InChI is InChI=1S/C17H21F3N2O3/c18-17(19,20)14-10-13(22-5-8-24-9-6-22)4-3-12(14)11-21-16(23)15-2-1-7-25-15/h3-4,10,15H,1-2,5-9,11H2,(H,21,23). The molecule has 138 valence electrons. The van der Waals surface area contributed by atoms with Crippen LogP contribution >= 0.6 is 0 Å². The van der Waals surface area contributed by atoms with Gasteiger partial charge in [-0.05, 0) is 30.5 Å². The van der Waals surface area contributed by atoms with Crippen molar-refractivity contribution in [2.75, 3.05) is 37.8 Å². The number of hydrogen-bond donors (Lipinski definition) is 1.